The summed E-state index contributed by atoms with van der Waals surface area (Å²) in [4.78, 5) is 22.8. The zero-order valence-electron chi connectivity index (χ0n) is 7.42. The number of imide groups is 1. The number of nitrogens with one attached hydrogen (secondary N) is 1. The number of hydrogen-bond acceptors (Lipinski definition) is 3. The highest BCUT2D eigenvalue weighted by Crippen LogP contribution is 2.32. The van der Waals surface area contributed by atoms with Gasteiger partial charge in [-0.2, -0.15) is 0 Å². The fourth-order valence-electron chi connectivity index (χ4n) is 1.37. The molecule has 0 spiro atoms. The lowest BCUT2D eigenvalue weighted by Gasteiger charge is -2.03. The van der Waals surface area contributed by atoms with Gasteiger partial charge in [-0.15, -0.1) is 11.8 Å². The van der Waals surface area contributed by atoms with Gasteiger partial charge in [-0.3, -0.25) is 10.1 Å². The van der Waals surface area contributed by atoms with Gasteiger partial charge in [-0.25, -0.2) is 4.79 Å². The summed E-state index contributed by atoms with van der Waals surface area (Å²) >= 11 is 1.56. The van der Waals surface area contributed by atoms with E-state index < -0.39 is 6.03 Å². The maximum atomic E-state index is 11.3. The number of urea groups is 1. The van der Waals surface area contributed by atoms with Crippen molar-refractivity contribution in [3.05, 3.63) is 10.5 Å². The molecule has 5 heteroatoms. The summed E-state index contributed by atoms with van der Waals surface area (Å²) in [7, 11) is 0. The maximum Gasteiger partial charge on any atom is 0.319 e. The van der Waals surface area contributed by atoms with E-state index in [0.717, 1.165) is 24.2 Å². The minimum atomic E-state index is -0.787. The van der Waals surface area contributed by atoms with Crippen LogP contribution in [-0.2, 0) is 4.79 Å². The molecule has 0 fully saturated rings. The number of thioether (sulfide) groups is 1. The van der Waals surface area contributed by atoms with E-state index in [0.29, 0.717) is 5.57 Å². The van der Waals surface area contributed by atoms with E-state index in [2.05, 4.69) is 5.32 Å². The first-order valence-corrected chi connectivity index (χ1v) is 5.24. The van der Waals surface area contributed by atoms with Crippen LogP contribution < -0.4 is 11.1 Å². The molecule has 3 N–H and O–H groups in total. The van der Waals surface area contributed by atoms with Crippen molar-refractivity contribution in [2.75, 3.05) is 6.26 Å². The summed E-state index contributed by atoms with van der Waals surface area (Å²) in [5.74, 6) is -0.339. The number of hydrogen-bond donors (Lipinski definition) is 2. The molecule has 0 saturated heterocycles. The van der Waals surface area contributed by atoms with E-state index in [-0.39, 0.29) is 5.91 Å². The minimum absolute atomic E-state index is 0.339. The third-order valence-corrected chi connectivity index (χ3v) is 2.87. The zero-order valence-corrected chi connectivity index (χ0v) is 8.24. The first-order valence-electron chi connectivity index (χ1n) is 4.02. The molecule has 0 aromatic heterocycles. The second kappa shape index (κ2) is 4.32. The molecular weight excluding hydrogens is 188 g/mol. The molecule has 4 nitrogen and oxygen atoms in total. The minimum Gasteiger partial charge on any atom is -0.351 e. The zero-order chi connectivity index (χ0) is 9.84. The van der Waals surface area contributed by atoms with Gasteiger partial charge in [0.15, 0.2) is 0 Å². The van der Waals surface area contributed by atoms with Crippen molar-refractivity contribution >= 4 is 23.7 Å². The number of carbonyl (C=O) groups is 2. The maximum absolute atomic E-state index is 11.3. The van der Waals surface area contributed by atoms with Gasteiger partial charge < -0.3 is 5.73 Å². The molecule has 0 unspecified atom stereocenters. The van der Waals surface area contributed by atoms with Crippen LogP contribution in [0.4, 0.5) is 4.79 Å². The molecule has 0 saturated carbocycles. The Balaban J connectivity index is 2.69. The molecule has 0 aromatic rings. The smallest absolute Gasteiger partial charge is 0.319 e. The van der Waals surface area contributed by atoms with Gasteiger partial charge in [0.05, 0.1) is 0 Å². The largest absolute Gasteiger partial charge is 0.351 e. The van der Waals surface area contributed by atoms with Gasteiger partial charge in [0.25, 0.3) is 5.91 Å². The monoisotopic (exact) mass is 200 g/mol. The summed E-state index contributed by atoms with van der Waals surface area (Å²) in [6, 6.07) is -0.787. The van der Waals surface area contributed by atoms with Crippen LogP contribution in [0.3, 0.4) is 0 Å². The van der Waals surface area contributed by atoms with Crippen molar-refractivity contribution in [3.8, 4) is 0 Å². The number of rotatable bonds is 2. The number of allylic oxidation sites excluding steroid dienone is 1. The number of carbonyl (C=O) groups excluding carboxylic acids is 2. The Morgan fingerprint density at radius 1 is 1.46 bits per heavy atom. The Kier molecular flexibility index (Phi) is 3.36. The second-order valence-electron chi connectivity index (χ2n) is 2.78. The number of nitrogens with two attached hydrogens (primary N) is 1. The predicted octanol–water partition coefficient (Wildman–Crippen LogP) is 0.982. The highest BCUT2D eigenvalue weighted by Gasteiger charge is 2.20. The Hall–Kier alpha value is -0.970. The number of amides is 3. The fourth-order valence-corrected chi connectivity index (χ4v) is 2.16. The molecule has 0 heterocycles. The lowest BCUT2D eigenvalue weighted by Crippen LogP contribution is -2.35. The van der Waals surface area contributed by atoms with Gasteiger partial charge in [0.2, 0.25) is 0 Å². The lowest BCUT2D eigenvalue weighted by atomic mass is 10.2. The van der Waals surface area contributed by atoms with Crippen LogP contribution in [0, 0.1) is 0 Å². The molecule has 0 aliphatic heterocycles. The quantitative estimate of drug-likeness (QED) is 0.698. The molecule has 13 heavy (non-hydrogen) atoms. The molecule has 1 rings (SSSR count). The SMILES string of the molecule is CSC1=C(C(=O)NC(N)=O)CCC1. The van der Waals surface area contributed by atoms with E-state index in [1.54, 1.807) is 11.8 Å². The normalized spacial score (nSPS) is 16.1. The Labute approximate surface area is 80.9 Å². The van der Waals surface area contributed by atoms with Gasteiger partial charge in [0.1, 0.15) is 0 Å². The average Bonchev–Trinajstić information content (AvgIpc) is 2.49. The summed E-state index contributed by atoms with van der Waals surface area (Å²) < 4.78 is 0. The molecule has 1 aliphatic rings. The van der Waals surface area contributed by atoms with Crippen molar-refractivity contribution in [3.63, 3.8) is 0 Å². The summed E-state index contributed by atoms with van der Waals surface area (Å²) in [6.07, 6.45) is 4.59. The average molecular weight is 200 g/mol. The molecule has 0 bridgehead atoms. The van der Waals surface area contributed by atoms with E-state index in [4.69, 9.17) is 5.73 Å². The van der Waals surface area contributed by atoms with Crippen LogP contribution in [-0.4, -0.2) is 18.2 Å². The first kappa shape index (κ1) is 10.1. The van der Waals surface area contributed by atoms with E-state index in [9.17, 15) is 9.59 Å². The topological polar surface area (TPSA) is 72.2 Å². The summed E-state index contributed by atoms with van der Waals surface area (Å²) in [5.41, 5.74) is 5.56. The van der Waals surface area contributed by atoms with Gasteiger partial charge >= 0.3 is 6.03 Å². The van der Waals surface area contributed by atoms with Crippen LogP contribution in [0.25, 0.3) is 0 Å². The Morgan fingerprint density at radius 3 is 2.69 bits per heavy atom. The molecule has 0 radical (unpaired) electrons. The van der Waals surface area contributed by atoms with Crippen LogP contribution in [0.5, 0.6) is 0 Å². The first-order chi connectivity index (χ1) is 6.15. The van der Waals surface area contributed by atoms with Crippen LogP contribution >= 0.6 is 11.8 Å². The Morgan fingerprint density at radius 2 is 2.15 bits per heavy atom. The molecule has 0 aromatic carbocycles. The molecule has 0 atom stereocenters. The van der Waals surface area contributed by atoms with Crippen molar-refractivity contribution in [1.29, 1.82) is 0 Å². The lowest BCUT2D eigenvalue weighted by molar-refractivity contribution is -0.116. The van der Waals surface area contributed by atoms with Crippen LogP contribution in [0.1, 0.15) is 19.3 Å². The highest BCUT2D eigenvalue weighted by atomic mass is 32.2. The van der Waals surface area contributed by atoms with Crippen molar-refractivity contribution in [2.45, 2.75) is 19.3 Å². The van der Waals surface area contributed by atoms with Crippen LogP contribution in [0.15, 0.2) is 10.5 Å². The third kappa shape index (κ3) is 2.48. The van der Waals surface area contributed by atoms with Crippen molar-refractivity contribution < 1.29 is 9.59 Å². The fraction of sp³-hybridized carbons (Fsp3) is 0.500. The second-order valence-corrected chi connectivity index (χ2v) is 3.68. The third-order valence-electron chi connectivity index (χ3n) is 1.92. The highest BCUT2D eigenvalue weighted by molar-refractivity contribution is 8.02. The van der Waals surface area contributed by atoms with Crippen molar-refractivity contribution in [1.82, 2.24) is 5.32 Å². The van der Waals surface area contributed by atoms with Gasteiger partial charge in [-0.05, 0) is 30.4 Å². The number of primary amides is 1. The van der Waals surface area contributed by atoms with E-state index >= 15 is 0 Å². The van der Waals surface area contributed by atoms with Gasteiger partial charge in [-0.1, -0.05) is 0 Å². The summed E-state index contributed by atoms with van der Waals surface area (Å²) in [6.45, 7) is 0. The van der Waals surface area contributed by atoms with Crippen LogP contribution in [0.2, 0.25) is 0 Å². The standard InChI is InChI=1S/C8H12N2O2S/c1-13-6-4-2-3-5(6)7(11)10-8(9)12/h2-4H2,1H3,(H3,9,10,11,12). The molecular formula is C8H12N2O2S. The van der Waals surface area contributed by atoms with E-state index in [1.807, 2.05) is 6.26 Å². The molecule has 72 valence electrons. The Bertz CT molecular complexity index is 273. The van der Waals surface area contributed by atoms with Crippen molar-refractivity contribution in [2.24, 2.45) is 5.73 Å². The summed E-state index contributed by atoms with van der Waals surface area (Å²) in [5, 5.41) is 2.08. The molecule has 3 amide bonds. The van der Waals surface area contributed by atoms with Gasteiger partial charge in [0, 0.05) is 5.57 Å². The predicted molar refractivity (Wildman–Crippen MR) is 52.1 cm³/mol. The van der Waals surface area contributed by atoms with E-state index in [1.165, 1.54) is 0 Å². The molecule has 1 aliphatic carbocycles.